The van der Waals surface area contributed by atoms with Gasteiger partial charge in [0.15, 0.2) is 21.3 Å². The molecule has 0 unspecified atom stereocenters. The monoisotopic (exact) mass is 580 g/mol. The van der Waals surface area contributed by atoms with Gasteiger partial charge in [-0.3, -0.25) is 9.89 Å². The van der Waals surface area contributed by atoms with Crippen LogP contribution in [0.2, 0.25) is 0 Å². The van der Waals surface area contributed by atoms with Crippen molar-refractivity contribution in [1.82, 2.24) is 29.6 Å². The smallest absolute Gasteiger partial charge is 0.355 e. The van der Waals surface area contributed by atoms with Crippen molar-refractivity contribution in [3.05, 3.63) is 65.0 Å². The largest absolute Gasteiger partial charge is 0.384 e. The summed E-state index contributed by atoms with van der Waals surface area (Å²) < 4.78 is 42.6. The average molecular weight is 581 g/mol. The minimum Gasteiger partial charge on any atom is -0.384 e. The number of nitrogens with zero attached hydrogens (tertiary/aromatic N) is 6. The van der Waals surface area contributed by atoms with Crippen LogP contribution in [-0.4, -0.2) is 75.9 Å². The number of H-pyrrole nitrogens is 1. The van der Waals surface area contributed by atoms with Crippen molar-refractivity contribution in [2.75, 3.05) is 36.5 Å². The lowest BCUT2D eigenvalue weighted by Gasteiger charge is -2.40. The van der Waals surface area contributed by atoms with Crippen LogP contribution < -0.4 is 16.3 Å². The lowest BCUT2D eigenvalue weighted by atomic mass is 10.1. The van der Waals surface area contributed by atoms with E-state index in [1.54, 1.807) is 17.0 Å². The van der Waals surface area contributed by atoms with Crippen LogP contribution in [0.3, 0.4) is 0 Å². The number of aromatic nitrogens is 5. The molecule has 14 heteroatoms. The summed E-state index contributed by atoms with van der Waals surface area (Å²) in [5.41, 5.74) is 5.86. The van der Waals surface area contributed by atoms with E-state index in [4.69, 9.17) is 5.73 Å². The Balaban J connectivity index is 1.85. The highest BCUT2D eigenvalue weighted by atomic mass is 32.2. The number of halogens is 1. The molecule has 3 aromatic heterocycles. The number of hydrogen-bond donors (Lipinski definition) is 2. The number of benzene rings is 1. The highest BCUT2D eigenvalue weighted by Crippen LogP contribution is 2.34. The number of piperazine rings is 1. The SMILES string of the molecule is C=CC(=O)N1CCN(c2nc(=O)n(-c3c(CC)cccc3S(C)(=O)=O)c3nc(-c4cn[nH]c4N)c(F)cc23)[C@@H](C)C1. The molecule has 12 nitrogen and oxygen atoms in total. The molecule has 1 fully saturated rings. The first-order valence-corrected chi connectivity index (χ1v) is 14.8. The molecule has 4 heterocycles. The second-order valence-electron chi connectivity index (χ2n) is 9.86. The lowest BCUT2D eigenvalue weighted by molar-refractivity contribution is -0.126. The molecule has 1 atom stereocenters. The number of carbonyl (C=O) groups is 1. The summed E-state index contributed by atoms with van der Waals surface area (Å²) in [4.78, 5) is 38.4. The predicted molar refractivity (Wildman–Crippen MR) is 153 cm³/mol. The Kier molecular flexibility index (Phi) is 7.11. The summed E-state index contributed by atoms with van der Waals surface area (Å²) in [6.45, 7) is 8.20. The number of fused-ring (bicyclic) bond motifs is 1. The zero-order chi connectivity index (χ0) is 29.6. The fourth-order valence-electron chi connectivity index (χ4n) is 5.21. The summed E-state index contributed by atoms with van der Waals surface area (Å²) in [5.74, 6) is -0.711. The van der Waals surface area contributed by atoms with Gasteiger partial charge in [0.25, 0.3) is 0 Å². The van der Waals surface area contributed by atoms with Crippen molar-refractivity contribution in [1.29, 1.82) is 0 Å². The van der Waals surface area contributed by atoms with Crippen molar-refractivity contribution in [3.63, 3.8) is 0 Å². The minimum atomic E-state index is -3.80. The summed E-state index contributed by atoms with van der Waals surface area (Å²) in [6, 6.07) is 5.65. The van der Waals surface area contributed by atoms with Gasteiger partial charge in [-0.25, -0.2) is 27.2 Å². The van der Waals surface area contributed by atoms with E-state index in [0.717, 1.165) is 10.8 Å². The van der Waals surface area contributed by atoms with Gasteiger partial charge in [0.1, 0.15) is 17.3 Å². The third kappa shape index (κ3) is 4.84. The summed E-state index contributed by atoms with van der Waals surface area (Å²) in [7, 11) is -3.80. The Morgan fingerprint density at radius 3 is 2.66 bits per heavy atom. The molecule has 1 amide bonds. The number of hydrogen-bond acceptors (Lipinski definition) is 9. The van der Waals surface area contributed by atoms with E-state index in [1.165, 1.54) is 24.4 Å². The number of nitrogens with two attached hydrogens (primary N) is 1. The Labute approximate surface area is 235 Å². The van der Waals surface area contributed by atoms with Crippen LogP contribution in [0, 0.1) is 5.82 Å². The molecular formula is C27H29FN8O4S. The van der Waals surface area contributed by atoms with E-state index in [9.17, 15) is 18.0 Å². The molecule has 0 spiro atoms. The van der Waals surface area contributed by atoms with Gasteiger partial charge in [-0.2, -0.15) is 10.1 Å². The maximum absolute atomic E-state index is 15.7. The van der Waals surface area contributed by atoms with Gasteiger partial charge in [0, 0.05) is 31.9 Å². The topological polar surface area (TPSA) is 160 Å². The molecule has 0 bridgehead atoms. The van der Waals surface area contributed by atoms with Crippen molar-refractivity contribution in [2.24, 2.45) is 0 Å². The Morgan fingerprint density at radius 2 is 2.05 bits per heavy atom. The predicted octanol–water partition coefficient (Wildman–Crippen LogP) is 2.08. The number of aryl methyl sites for hydroxylation is 1. The van der Waals surface area contributed by atoms with Gasteiger partial charge >= 0.3 is 5.69 Å². The molecule has 0 saturated carbocycles. The molecule has 1 aliphatic rings. The fourth-order valence-corrected chi connectivity index (χ4v) is 6.11. The summed E-state index contributed by atoms with van der Waals surface area (Å²) >= 11 is 0. The number of carbonyl (C=O) groups excluding carboxylic acids is 1. The maximum atomic E-state index is 15.7. The van der Waals surface area contributed by atoms with Crippen LogP contribution in [0.5, 0.6) is 0 Å². The van der Waals surface area contributed by atoms with Crippen LogP contribution in [0.25, 0.3) is 28.0 Å². The second-order valence-corrected chi connectivity index (χ2v) is 11.8. The van der Waals surface area contributed by atoms with Crippen LogP contribution >= 0.6 is 0 Å². The first-order chi connectivity index (χ1) is 19.5. The van der Waals surface area contributed by atoms with Gasteiger partial charge < -0.3 is 15.5 Å². The van der Waals surface area contributed by atoms with Gasteiger partial charge in [-0.1, -0.05) is 25.6 Å². The normalized spacial score (nSPS) is 15.9. The summed E-state index contributed by atoms with van der Waals surface area (Å²) in [5, 5.41) is 6.59. The molecule has 5 rings (SSSR count). The molecule has 4 aromatic rings. The van der Waals surface area contributed by atoms with Crippen molar-refractivity contribution in [2.45, 2.75) is 31.2 Å². The number of nitrogens with one attached hydrogen (secondary N) is 1. The first kappa shape index (κ1) is 28.0. The van der Waals surface area contributed by atoms with E-state index in [1.807, 2.05) is 18.7 Å². The molecule has 1 saturated heterocycles. The Hall–Kier alpha value is -4.59. The highest BCUT2D eigenvalue weighted by molar-refractivity contribution is 7.90. The number of sulfone groups is 1. The third-order valence-corrected chi connectivity index (χ3v) is 8.33. The number of para-hydroxylation sites is 1. The van der Waals surface area contributed by atoms with Crippen LogP contribution in [-0.2, 0) is 21.1 Å². The van der Waals surface area contributed by atoms with E-state index in [0.29, 0.717) is 31.6 Å². The molecule has 1 aliphatic heterocycles. The number of aromatic amines is 1. The van der Waals surface area contributed by atoms with Gasteiger partial charge in [-0.15, -0.1) is 0 Å². The Morgan fingerprint density at radius 1 is 1.29 bits per heavy atom. The molecular weight excluding hydrogens is 551 g/mol. The maximum Gasteiger partial charge on any atom is 0.355 e. The fraction of sp³-hybridized carbons (Fsp3) is 0.296. The minimum absolute atomic E-state index is 0.000373. The van der Waals surface area contributed by atoms with Crippen molar-refractivity contribution >= 4 is 38.4 Å². The zero-order valence-corrected chi connectivity index (χ0v) is 23.6. The number of amides is 1. The van der Waals surface area contributed by atoms with Crippen molar-refractivity contribution in [3.8, 4) is 16.9 Å². The Bertz CT molecular complexity index is 1870. The molecule has 1 aromatic carbocycles. The summed E-state index contributed by atoms with van der Waals surface area (Å²) in [6.07, 6.45) is 4.01. The molecule has 214 valence electrons. The standard InChI is InChI=1S/C27H29FN8O4S/c1-5-16-8-7-9-20(41(4,39)40)23(16)36-26-17(12-19(28)22(31-26)18-13-30-33-24(18)29)25(32-27(36)38)35-11-10-34(14-15(35)3)21(37)6-2/h6-9,12-13,15H,2,5,10-11,14H2,1,3-4H3,(H3,29,30,33)/t15-/m0/s1. The number of nitrogen functional groups attached to an aromatic ring is 1. The molecule has 3 N–H and O–H groups in total. The van der Waals surface area contributed by atoms with Gasteiger partial charge in [0.05, 0.1) is 27.7 Å². The average Bonchev–Trinajstić information content (AvgIpc) is 3.36. The van der Waals surface area contributed by atoms with Gasteiger partial charge in [-0.05, 0) is 37.1 Å². The second kappa shape index (κ2) is 10.4. The van der Waals surface area contributed by atoms with E-state index in [-0.39, 0.29) is 56.5 Å². The molecule has 0 aliphatic carbocycles. The van der Waals surface area contributed by atoms with E-state index >= 15 is 4.39 Å². The zero-order valence-electron chi connectivity index (χ0n) is 22.8. The third-order valence-electron chi connectivity index (χ3n) is 7.20. The van der Waals surface area contributed by atoms with E-state index in [2.05, 4.69) is 26.7 Å². The van der Waals surface area contributed by atoms with Gasteiger partial charge in [0.2, 0.25) is 5.91 Å². The van der Waals surface area contributed by atoms with E-state index < -0.39 is 21.3 Å². The number of anilines is 2. The number of pyridine rings is 1. The first-order valence-electron chi connectivity index (χ1n) is 12.9. The van der Waals surface area contributed by atoms with Crippen LogP contribution in [0.15, 0.2) is 52.8 Å². The molecule has 41 heavy (non-hydrogen) atoms. The van der Waals surface area contributed by atoms with Crippen molar-refractivity contribution < 1.29 is 17.6 Å². The van der Waals surface area contributed by atoms with Crippen LogP contribution in [0.1, 0.15) is 19.4 Å². The quantitative estimate of drug-likeness (QED) is 0.326. The molecule has 0 radical (unpaired) electrons. The highest BCUT2D eigenvalue weighted by Gasteiger charge is 2.31. The lowest BCUT2D eigenvalue weighted by Crippen LogP contribution is -2.54. The van der Waals surface area contributed by atoms with Crippen LogP contribution in [0.4, 0.5) is 16.0 Å². The number of rotatable bonds is 6.